The van der Waals surface area contributed by atoms with Crippen molar-refractivity contribution in [2.75, 3.05) is 26.4 Å². The third kappa shape index (κ3) is 4.85. The molecule has 1 saturated heterocycles. The number of hydrogen-bond acceptors (Lipinski definition) is 5. The second-order valence-electron chi connectivity index (χ2n) is 8.41. The summed E-state index contributed by atoms with van der Waals surface area (Å²) in [6.45, 7) is 2.38. The first-order valence-corrected chi connectivity index (χ1v) is 11.2. The lowest BCUT2D eigenvalue weighted by atomic mass is 9.98. The minimum Gasteiger partial charge on any atom is -0.481 e. The molecule has 1 aliphatic heterocycles. The van der Waals surface area contributed by atoms with Crippen LogP contribution in [0.5, 0.6) is 0 Å². The maximum atomic E-state index is 12.6. The topological polar surface area (TPSA) is 114 Å². The minimum absolute atomic E-state index is 0.0382. The first-order valence-electron chi connectivity index (χ1n) is 11.2. The summed E-state index contributed by atoms with van der Waals surface area (Å²) >= 11 is 0. The average Bonchev–Trinajstić information content (AvgIpc) is 3.41. The molecule has 3 unspecified atom stereocenters. The molecule has 8 heteroatoms. The molecule has 0 saturated carbocycles. The number of amides is 2. The van der Waals surface area contributed by atoms with E-state index >= 15 is 0 Å². The Kier molecular flexibility index (Phi) is 6.93. The van der Waals surface area contributed by atoms with Gasteiger partial charge in [-0.1, -0.05) is 55.5 Å². The zero-order valence-electron chi connectivity index (χ0n) is 18.5. The summed E-state index contributed by atoms with van der Waals surface area (Å²) in [5.74, 6) is -2.60. The van der Waals surface area contributed by atoms with E-state index in [0.717, 1.165) is 22.3 Å². The van der Waals surface area contributed by atoms with Crippen LogP contribution in [0, 0.1) is 11.8 Å². The van der Waals surface area contributed by atoms with Gasteiger partial charge in [0.15, 0.2) is 0 Å². The number of carbonyl (C=O) groups excluding carboxylic acids is 2. The van der Waals surface area contributed by atoms with Crippen LogP contribution >= 0.6 is 0 Å². The Morgan fingerprint density at radius 2 is 1.70 bits per heavy atom. The fourth-order valence-corrected chi connectivity index (χ4v) is 4.52. The average molecular weight is 453 g/mol. The smallest absolute Gasteiger partial charge is 0.407 e. The van der Waals surface area contributed by atoms with Crippen molar-refractivity contribution < 1.29 is 29.0 Å². The molecule has 8 nitrogen and oxygen atoms in total. The van der Waals surface area contributed by atoms with Gasteiger partial charge in [0, 0.05) is 12.5 Å². The molecule has 174 valence electrons. The molecule has 3 N–H and O–H groups in total. The van der Waals surface area contributed by atoms with E-state index in [-0.39, 0.29) is 38.2 Å². The highest BCUT2D eigenvalue weighted by atomic mass is 16.5. The molecule has 33 heavy (non-hydrogen) atoms. The predicted octanol–water partition coefficient (Wildman–Crippen LogP) is 2.77. The van der Waals surface area contributed by atoms with Crippen LogP contribution in [-0.2, 0) is 19.1 Å². The van der Waals surface area contributed by atoms with Crippen LogP contribution in [0.25, 0.3) is 11.1 Å². The fourth-order valence-electron chi connectivity index (χ4n) is 4.52. The number of carbonyl (C=O) groups is 3. The van der Waals surface area contributed by atoms with Gasteiger partial charge in [-0.3, -0.25) is 9.59 Å². The molecular weight excluding hydrogens is 424 g/mol. The van der Waals surface area contributed by atoms with Gasteiger partial charge in [0.05, 0.1) is 25.2 Å². The Hall–Kier alpha value is -3.39. The number of alkyl carbamates (subject to hydrolysis) is 1. The van der Waals surface area contributed by atoms with Crippen LogP contribution in [-0.4, -0.2) is 55.5 Å². The monoisotopic (exact) mass is 452 g/mol. The molecule has 0 aromatic heterocycles. The summed E-state index contributed by atoms with van der Waals surface area (Å²) < 4.78 is 10.7. The first kappa shape index (κ1) is 22.8. The van der Waals surface area contributed by atoms with Gasteiger partial charge in [-0.05, 0) is 28.7 Å². The molecule has 4 rings (SSSR count). The van der Waals surface area contributed by atoms with Crippen molar-refractivity contribution in [3.63, 3.8) is 0 Å². The maximum absolute atomic E-state index is 12.6. The van der Waals surface area contributed by atoms with E-state index in [1.54, 1.807) is 0 Å². The number of aliphatic carboxylic acids is 1. The van der Waals surface area contributed by atoms with E-state index in [4.69, 9.17) is 9.47 Å². The lowest BCUT2D eigenvalue weighted by Gasteiger charge is -2.21. The van der Waals surface area contributed by atoms with Crippen molar-refractivity contribution >= 4 is 18.0 Å². The second-order valence-corrected chi connectivity index (χ2v) is 8.41. The van der Waals surface area contributed by atoms with Gasteiger partial charge in [0.25, 0.3) is 0 Å². The molecule has 2 aromatic carbocycles. The molecular formula is C25H28N2O6. The molecule has 0 radical (unpaired) electrons. The highest BCUT2D eigenvalue weighted by Crippen LogP contribution is 2.44. The fraction of sp³-hybridized carbons (Fsp3) is 0.400. The number of hydrogen-bond donors (Lipinski definition) is 3. The van der Waals surface area contributed by atoms with Crippen molar-refractivity contribution in [3.8, 4) is 11.1 Å². The van der Waals surface area contributed by atoms with Gasteiger partial charge in [-0.25, -0.2) is 4.79 Å². The predicted molar refractivity (Wildman–Crippen MR) is 121 cm³/mol. The molecule has 1 heterocycles. The van der Waals surface area contributed by atoms with E-state index in [2.05, 4.69) is 34.9 Å². The summed E-state index contributed by atoms with van der Waals surface area (Å²) in [4.78, 5) is 36.3. The normalized spacial score (nSPS) is 19.9. The van der Waals surface area contributed by atoms with Gasteiger partial charge < -0.3 is 25.2 Å². The number of ether oxygens (including phenoxy) is 2. The molecule has 0 bridgehead atoms. The van der Waals surface area contributed by atoms with Crippen LogP contribution in [0.4, 0.5) is 4.79 Å². The van der Waals surface area contributed by atoms with Crippen molar-refractivity contribution in [2.45, 2.75) is 25.3 Å². The van der Waals surface area contributed by atoms with Crippen LogP contribution in [0.3, 0.4) is 0 Å². The van der Waals surface area contributed by atoms with E-state index in [1.165, 1.54) is 0 Å². The molecule has 1 fully saturated rings. The van der Waals surface area contributed by atoms with Crippen molar-refractivity contribution in [1.29, 1.82) is 0 Å². The zero-order chi connectivity index (χ0) is 23.4. The molecule has 1 aliphatic carbocycles. The third-order valence-corrected chi connectivity index (χ3v) is 6.43. The third-order valence-electron chi connectivity index (χ3n) is 6.43. The highest BCUT2D eigenvalue weighted by Gasteiger charge is 2.36. The number of benzene rings is 2. The standard InChI is InChI=1S/C25H28N2O6/c1-2-15(23(28)27-22-14-32-12-21(22)24(29)30)11-26-25(31)33-13-20-18-9-5-3-7-16(18)17-8-4-6-10-19(17)20/h3-10,15,20-22H,2,11-14H2,1H3,(H,26,31)(H,27,28)(H,29,30). The number of carboxylic acid groups (broad SMARTS) is 1. The van der Waals surface area contributed by atoms with Crippen LogP contribution in [0.2, 0.25) is 0 Å². The highest BCUT2D eigenvalue weighted by molar-refractivity contribution is 5.81. The molecule has 2 aromatic rings. The van der Waals surface area contributed by atoms with Crippen molar-refractivity contribution in [2.24, 2.45) is 11.8 Å². The van der Waals surface area contributed by atoms with Crippen molar-refractivity contribution in [3.05, 3.63) is 59.7 Å². The van der Waals surface area contributed by atoms with Crippen LogP contribution in [0.1, 0.15) is 30.4 Å². The Morgan fingerprint density at radius 3 is 2.30 bits per heavy atom. The number of carboxylic acids is 1. The lowest BCUT2D eigenvalue weighted by molar-refractivity contribution is -0.142. The zero-order valence-corrected chi connectivity index (χ0v) is 18.5. The molecule has 2 aliphatic rings. The number of nitrogens with one attached hydrogen (secondary N) is 2. The number of rotatable bonds is 8. The Morgan fingerprint density at radius 1 is 1.06 bits per heavy atom. The Balaban J connectivity index is 1.30. The van der Waals surface area contributed by atoms with Gasteiger partial charge in [-0.2, -0.15) is 0 Å². The Labute approximate surface area is 192 Å². The van der Waals surface area contributed by atoms with Gasteiger partial charge in [0.1, 0.15) is 12.5 Å². The van der Waals surface area contributed by atoms with E-state index in [0.29, 0.717) is 6.42 Å². The molecule has 0 spiro atoms. The lowest BCUT2D eigenvalue weighted by Crippen LogP contribution is -2.47. The summed E-state index contributed by atoms with van der Waals surface area (Å²) in [6, 6.07) is 15.6. The second kappa shape index (κ2) is 10.0. The van der Waals surface area contributed by atoms with E-state index in [1.807, 2.05) is 31.2 Å². The summed E-state index contributed by atoms with van der Waals surface area (Å²) in [5, 5.41) is 14.7. The minimum atomic E-state index is -0.998. The molecule has 2 amide bonds. The van der Waals surface area contributed by atoms with E-state index in [9.17, 15) is 19.5 Å². The summed E-state index contributed by atoms with van der Waals surface area (Å²) in [6.07, 6.45) is -0.100. The summed E-state index contributed by atoms with van der Waals surface area (Å²) in [7, 11) is 0. The van der Waals surface area contributed by atoms with Gasteiger partial charge >= 0.3 is 12.1 Å². The SMILES string of the molecule is CCC(CNC(=O)OCC1c2ccccc2-c2ccccc21)C(=O)NC1COCC1C(=O)O. The van der Waals surface area contributed by atoms with E-state index < -0.39 is 29.9 Å². The Bertz CT molecular complexity index is 994. The summed E-state index contributed by atoms with van der Waals surface area (Å²) in [5.41, 5.74) is 4.56. The maximum Gasteiger partial charge on any atom is 0.407 e. The van der Waals surface area contributed by atoms with Crippen LogP contribution in [0.15, 0.2) is 48.5 Å². The number of fused-ring (bicyclic) bond motifs is 3. The van der Waals surface area contributed by atoms with Crippen molar-refractivity contribution in [1.82, 2.24) is 10.6 Å². The molecule has 3 atom stereocenters. The largest absolute Gasteiger partial charge is 0.481 e. The van der Waals surface area contributed by atoms with Gasteiger partial charge in [0.2, 0.25) is 5.91 Å². The first-order chi connectivity index (χ1) is 16.0. The van der Waals surface area contributed by atoms with Gasteiger partial charge in [-0.15, -0.1) is 0 Å². The quantitative estimate of drug-likeness (QED) is 0.568. The van der Waals surface area contributed by atoms with Crippen LogP contribution < -0.4 is 10.6 Å².